The van der Waals surface area contributed by atoms with Crippen LogP contribution in [-0.2, 0) is 28.8 Å². The summed E-state index contributed by atoms with van der Waals surface area (Å²) in [6.07, 6.45) is 2.93. The van der Waals surface area contributed by atoms with Crippen molar-refractivity contribution in [2.45, 2.75) is 159 Å². The third kappa shape index (κ3) is 24.1. The van der Waals surface area contributed by atoms with E-state index in [2.05, 4.69) is 0 Å². The van der Waals surface area contributed by atoms with E-state index < -0.39 is 0 Å². The molecular formula is C66H84O9. The summed E-state index contributed by atoms with van der Waals surface area (Å²) in [5, 5.41) is 0. The molecule has 0 aliphatic heterocycles. The molecule has 0 aromatic heterocycles. The summed E-state index contributed by atoms with van der Waals surface area (Å²) in [5.41, 5.74) is 2.95. The fourth-order valence-corrected chi connectivity index (χ4v) is 8.07. The van der Waals surface area contributed by atoms with Crippen LogP contribution in [0.3, 0.4) is 0 Å². The predicted octanol–water partition coefficient (Wildman–Crippen LogP) is 17.8. The number of rotatable bonds is 9. The van der Waals surface area contributed by atoms with E-state index in [-0.39, 0.29) is 71.7 Å². The van der Waals surface area contributed by atoms with Crippen LogP contribution in [0.4, 0.5) is 0 Å². The second-order valence-corrected chi connectivity index (χ2v) is 16.0. The van der Waals surface area contributed by atoms with Gasteiger partial charge in [0, 0.05) is 44.4 Å². The van der Waals surface area contributed by atoms with Crippen LogP contribution in [-0.4, -0.2) is 34.7 Å². The van der Waals surface area contributed by atoms with E-state index in [9.17, 15) is 28.8 Å². The van der Waals surface area contributed by atoms with Crippen molar-refractivity contribution in [3.8, 4) is 34.5 Å². The highest BCUT2D eigenvalue weighted by atomic mass is 16.5. The molecular weight excluding hydrogens is 937 g/mol. The molecule has 0 atom stereocenters. The number of benzene rings is 6. The molecule has 9 nitrogen and oxygen atoms in total. The molecule has 0 amide bonds. The molecule has 0 unspecified atom stereocenters. The predicted molar refractivity (Wildman–Crippen MR) is 307 cm³/mol. The standard InChI is InChI=1S/3C18H16O3.6C2H6/c19-15-9-14(10-16(20)12-15)13-5-4-8-18(11-13)21-17-6-2-1-3-7-17;19-14-10-13(11-15(20)12-14)17-8-4-5-9-18(17)21-16-6-2-1-3-7-16;19-15-10-14(11-16(20)12-15)13-6-8-18(9-7-13)21-17-4-2-1-3-5-17;6*1-2/h1-8,11,14H,9-10,12H2;1-9,13H,10-12H2;1-9,14H,10-12H2;6*1-2H3. The van der Waals surface area contributed by atoms with Gasteiger partial charge in [-0.05, 0) is 95.3 Å². The Balaban J connectivity index is 0.000000510. The van der Waals surface area contributed by atoms with E-state index in [4.69, 9.17) is 14.2 Å². The Morgan fingerprint density at radius 2 is 0.587 bits per heavy atom. The summed E-state index contributed by atoms with van der Waals surface area (Å²) in [6.45, 7) is 24.0. The Bertz CT molecular complexity index is 2490. The number of carbonyl (C=O) groups excluding carboxylic acids is 6. The Labute approximate surface area is 449 Å². The van der Waals surface area contributed by atoms with Gasteiger partial charge in [-0.1, -0.05) is 180 Å². The molecule has 6 aromatic carbocycles. The minimum absolute atomic E-state index is 0.0157. The maximum absolute atomic E-state index is 11.7. The Morgan fingerprint density at radius 1 is 0.280 bits per heavy atom. The summed E-state index contributed by atoms with van der Waals surface area (Å²) >= 11 is 0. The van der Waals surface area contributed by atoms with Gasteiger partial charge in [-0.3, -0.25) is 28.8 Å². The van der Waals surface area contributed by atoms with Crippen molar-refractivity contribution in [2.24, 2.45) is 0 Å². The van der Waals surface area contributed by atoms with Gasteiger partial charge in [0.05, 0.1) is 19.3 Å². The van der Waals surface area contributed by atoms with Gasteiger partial charge < -0.3 is 14.2 Å². The fourth-order valence-electron chi connectivity index (χ4n) is 8.07. The van der Waals surface area contributed by atoms with Crippen LogP contribution in [0, 0.1) is 0 Å². The van der Waals surface area contributed by atoms with Crippen molar-refractivity contribution in [2.75, 3.05) is 0 Å². The lowest BCUT2D eigenvalue weighted by Crippen LogP contribution is -2.21. The minimum Gasteiger partial charge on any atom is -0.457 e. The van der Waals surface area contributed by atoms with Gasteiger partial charge in [-0.2, -0.15) is 0 Å². The zero-order valence-electron chi connectivity index (χ0n) is 46.9. The van der Waals surface area contributed by atoms with Gasteiger partial charge in [0.2, 0.25) is 0 Å². The second kappa shape index (κ2) is 39.2. The Morgan fingerprint density at radius 3 is 1.00 bits per heavy atom. The molecule has 0 saturated heterocycles. The fraction of sp³-hybridized carbons (Fsp3) is 0.364. The van der Waals surface area contributed by atoms with E-state index in [1.54, 1.807) is 0 Å². The number of carbonyl (C=O) groups is 6. The summed E-state index contributed by atoms with van der Waals surface area (Å²) in [6, 6.07) is 51.5. The van der Waals surface area contributed by atoms with Gasteiger partial charge in [0.1, 0.15) is 69.2 Å². The number of ether oxygens (including phenoxy) is 3. The summed E-state index contributed by atoms with van der Waals surface area (Å²) in [7, 11) is 0. The highest BCUT2D eigenvalue weighted by Gasteiger charge is 2.29. The van der Waals surface area contributed by atoms with Crippen LogP contribution < -0.4 is 14.2 Å². The molecule has 0 heterocycles. The highest BCUT2D eigenvalue weighted by molar-refractivity contribution is 6.03. The first-order valence-corrected chi connectivity index (χ1v) is 27.2. The number of hydrogen-bond acceptors (Lipinski definition) is 9. The van der Waals surface area contributed by atoms with Crippen LogP contribution in [0.2, 0.25) is 0 Å². The van der Waals surface area contributed by atoms with Crippen molar-refractivity contribution in [3.05, 3.63) is 180 Å². The number of para-hydroxylation sites is 4. The number of hydrogen-bond donors (Lipinski definition) is 0. The quantitative estimate of drug-likeness (QED) is 0.130. The van der Waals surface area contributed by atoms with Gasteiger partial charge in [0.15, 0.2) is 0 Å². The monoisotopic (exact) mass is 1020 g/mol. The molecule has 0 N–H and O–H groups in total. The molecule has 3 saturated carbocycles. The molecule has 402 valence electrons. The van der Waals surface area contributed by atoms with E-state index in [1.165, 1.54) is 0 Å². The first kappa shape index (κ1) is 65.8. The maximum Gasteiger partial charge on any atom is 0.140 e. The molecule has 3 fully saturated rings. The summed E-state index contributed by atoms with van der Waals surface area (Å²) in [4.78, 5) is 69.5. The van der Waals surface area contributed by atoms with Crippen molar-refractivity contribution in [3.63, 3.8) is 0 Å². The van der Waals surface area contributed by atoms with Gasteiger partial charge in [-0.15, -0.1) is 0 Å². The minimum atomic E-state index is -0.0707. The SMILES string of the molecule is CC.CC.CC.CC.CC.CC.O=C1CC(=O)CC(c2ccc(Oc3ccccc3)cc2)C1.O=C1CC(=O)CC(c2cccc(Oc3ccccc3)c2)C1.O=C1CC(=O)CC(c2ccccc2Oc2ccccc2)C1. The van der Waals surface area contributed by atoms with E-state index >= 15 is 0 Å². The molecule has 0 spiro atoms. The lowest BCUT2D eigenvalue weighted by molar-refractivity contribution is -0.131. The summed E-state index contributed by atoms with van der Waals surface area (Å²) in [5.74, 6) is 4.62. The molecule has 6 aromatic rings. The van der Waals surface area contributed by atoms with E-state index in [1.807, 2.05) is 247 Å². The Kier molecular flexibility index (Phi) is 34.4. The second-order valence-electron chi connectivity index (χ2n) is 16.0. The molecule has 0 radical (unpaired) electrons. The van der Waals surface area contributed by atoms with Crippen molar-refractivity contribution in [1.29, 1.82) is 0 Å². The smallest absolute Gasteiger partial charge is 0.140 e. The molecule has 0 bridgehead atoms. The topological polar surface area (TPSA) is 130 Å². The summed E-state index contributed by atoms with van der Waals surface area (Å²) < 4.78 is 17.4. The van der Waals surface area contributed by atoms with Gasteiger partial charge in [0.25, 0.3) is 0 Å². The van der Waals surface area contributed by atoms with E-state index in [0.29, 0.717) is 38.5 Å². The van der Waals surface area contributed by atoms with Crippen LogP contribution >= 0.6 is 0 Å². The molecule has 9 heteroatoms. The first-order valence-electron chi connectivity index (χ1n) is 27.2. The average Bonchev–Trinajstić information content (AvgIpc) is 3.45. The zero-order valence-corrected chi connectivity index (χ0v) is 46.9. The lowest BCUT2D eigenvalue weighted by atomic mass is 9.82. The van der Waals surface area contributed by atoms with Crippen molar-refractivity contribution >= 4 is 34.7 Å². The van der Waals surface area contributed by atoms with E-state index in [0.717, 1.165) is 51.2 Å². The highest BCUT2D eigenvalue weighted by Crippen LogP contribution is 2.37. The molecule has 3 aliphatic carbocycles. The zero-order chi connectivity index (χ0) is 56.0. The third-order valence-corrected chi connectivity index (χ3v) is 11.0. The number of Topliss-reactive ketones (excluding diaryl/α,β-unsaturated/α-hetero) is 6. The van der Waals surface area contributed by atoms with Crippen LogP contribution in [0.1, 0.15) is 175 Å². The molecule has 75 heavy (non-hydrogen) atoms. The third-order valence-electron chi connectivity index (χ3n) is 11.0. The normalized spacial score (nSPS) is 13.9. The maximum atomic E-state index is 11.7. The van der Waals surface area contributed by atoms with Gasteiger partial charge >= 0.3 is 0 Å². The van der Waals surface area contributed by atoms with Crippen LogP contribution in [0.25, 0.3) is 0 Å². The van der Waals surface area contributed by atoms with Crippen molar-refractivity contribution < 1.29 is 43.0 Å². The lowest BCUT2D eigenvalue weighted by Gasteiger charge is -2.22. The van der Waals surface area contributed by atoms with Crippen LogP contribution in [0.5, 0.6) is 34.5 Å². The van der Waals surface area contributed by atoms with Gasteiger partial charge in [-0.25, -0.2) is 0 Å². The number of ketones is 6. The first-order chi connectivity index (χ1) is 36.6. The Hall–Kier alpha value is -7.26. The van der Waals surface area contributed by atoms with Crippen molar-refractivity contribution in [1.82, 2.24) is 0 Å². The molecule has 9 rings (SSSR count). The largest absolute Gasteiger partial charge is 0.457 e. The molecule has 3 aliphatic rings. The van der Waals surface area contributed by atoms with Crippen LogP contribution in [0.15, 0.2) is 164 Å². The average molecular weight is 1020 g/mol.